The summed E-state index contributed by atoms with van der Waals surface area (Å²) in [4.78, 5) is 0. The summed E-state index contributed by atoms with van der Waals surface area (Å²) in [5.41, 5.74) is 1.44. The van der Waals surface area contributed by atoms with E-state index in [0.717, 1.165) is 40.4 Å². The zero-order chi connectivity index (χ0) is 15.4. The van der Waals surface area contributed by atoms with Gasteiger partial charge in [-0.2, -0.15) is 0 Å². The SMILES string of the molecule is CCC[C@H]1CCC2[C@@H]3CCC4CCCC[C@]4(C)C3CC[C@@]21C. The quantitative estimate of drug-likeness (QED) is 0.524. The van der Waals surface area contributed by atoms with Crippen LogP contribution < -0.4 is 0 Å². The Hall–Kier alpha value is 0. The van der Waals surface area contributed by atoms with Crippen LogP contribution in [0.2, 0.25) is 0 Å². The fourth-order valence-electron chi connectivity index (χ4n) is 8.23. The Morgan fingerprint density at radius 1 is 0.773 bits per heavy atom. The number of hydrogen-bond donors (Lipinski definition) is 0. The van der Waals surface area contributed by atoms with Crippen molar-refractivity contribution in [1.29, 1.82) is 0 Å². The average molecular weight is 303 g/mol. The molecule has 4 saturated carbocycles. The van der Waals surface area contributed by atoms with Gasteiger partial charge in [0.15, 0.2) is 0 Å². The lowest BCUT2D eigenvalue weighted by Crippen LogP contribution is -2.52. The van der Waals surface area contributed by atoms with Crippen molar-refractivity contribution in [1.82, 2.24) is 0 Å². The van der Waals surface area contributed by atoms with E-state index in [4.69, 9.17) is 0 Å². The molecule has 0 aromatic heterocycles. The minimum absolute atomic E-state index is 0.717. The highest BCUT2D eigenvalue weighted by atomic mass is 14.6. The average Bonchev–Trinajstić information content (AvgIpc) is 2.84. The van der Waals surface area contributed by atoms with E-state index < -0.39 is 0 Å². The topological polar surface area (TPSA) is 0 Å². The maximum atomic E-state index is 2.72. The van der Waals surface area contributed by atoms with Gasteiger partial charge in [0.05, 0.1) is 0 Å². The third kappa shape index (κ3) is 2.07. The van der Waals surface area contributed by atoms with Crippen molar-refractivity contribution in [3.63, 3.8) is 0 Å². The summed E-state index contributed by atoms with van der Waals surface area (Å²) in [6.45, 7) is 7.82. The summed E-state index contributed by atoms with van der Waals surface area (Å²) < 4.78 is 0. The molecule has 0 aliphatic heterocycles. The van der Waals surface area contributed by atoms with Crippen LogP contribution in [-0.2, 0) is 0 Å². The number of fused-ring (bicyclic) bond motifs is 5. The summed E-state index contributed by atoms with van der Waals surface area (Å²) in [6, 6.07) is 0. The van der Waals surface area contributed by atoms with Crippen molar-refractivity contribution < 1.29 is 0 Å². The minimum Gasteiger partial charge on any atom is -0.0654 e. The fourth-order valence-corrected chi connectivity index (χ4v) is 8.23. The number of rotatable bonds is 2. The maximum absolute atomic E-state index is 2.72. The van der Waals surface area contributed by atoms with Crippen LogP contribution in [0, 0.1) is 40.4 Å². The van der Waals surface area contributed by atoms with E-state index in [0.29, 0.717) is 0 Å². The molecular weight excluding hydrogens is 264 g/mol. The zero-order valence-electron chi connectivity index (χ0n) is 15.4. The largest absolute Gasteiger partial charge is 0.0654 e. The molecule has 3 unspecified atom stereocenters. The summed E-state index contributed by atoms with van der Waals surface area (Å²) in [5.74, 6) is 5.41. The van der Waals surface area contributed by atoms with Crippen LogP contribution in [0.4, 0.5) is 0 Å². The van der Waals surface area contributed by atoms with Crippen molar-refractivity contribution in [2.75, 3.05) is 0 Å². The van der Waals surface area contributed by atoms with Gasteiger partial charge in [-0.25, -0.2) is 0 Å². The van der Waals surface area contributed by atoms with Gasteiger partial charge in [0.1, 0.15) is 0 Å². The van der Waals surface area contributed by atoms with Gasteiger partial charge >= 0.3 is 0 Å². The Balaban J connectivity index is 1.59. The van der Waals surface area contributed by atoms with Crippen LogP contribution in [0.1, 0.15) is 97.8 Å². The van der Waals surface area contributed by atoms with Gasteiger partial charge in [-0.3, -0.25) is 0 Å². The fraction of sp³-hybridized carbons (Fsp3) is 1.00. The first-order valence-electron chi connectivity index (χ1n) is 10.6. The molecule has 4 rings (SSSR count). The first-order valence-corrected chi connectivity index (χ1v) is 10.6. The Morgan fingerprint density at radius 2 is 1.59 bits per heavy atom. The highest BCUT2D eigenvalue weighted by Gasteiger charge is 2.59. The molecule has 4 fully saturated rings. The molecule has 126 valence electrons. The van der Waals surface area contributed by atoms with E-state index in [1.165, 1.54) is 25.7 Å². The van der Waals surface area contributed by atoms with Crippen LogP contribution >= 0.6 is 0 Å². The lowest BCUT2D eigenvalue weighted by molar-refractivity contribution is -0.111. The van der Waals surface area contributed by atoms with Gasteiger partial charge in [-0.15, -0.1) is 0 Å². The molecule has 22 heavy (non-hydrogen) atoms. The molecule has 0 heterocycles. The van der Waals surface area contributed by atoms with Crippen LogP contribution in [0.3, 0.4) is 0 Å². The normalized spacial score (nSPS) is 54.4. The number of hydrogen-bond acceptors (Lipinski definition) is 0. The molecule has 0 aromatic rings. The van der Waals surface area contributed by atoms with Gasteiger partial charge in [-0.1, -0.05) is 46.5 Å². The second-order valence-electron chi connectivity index (χ2n) is 10.0. The highest BCUT2D eigenvalue weighted by molar-refractivity contribution is 5.08. The molecule has 0 spiro atoms. The van der Waals surface area contributed by atoms with Crippen LogP contribution in [-0.4, -0.2) is 0 Å². The van der Waals surface area contributed by atoms with Crippen molar-refractivity contribution >= 4 is 0 Å². The molecular formula is C22H38. The lowest BCUT2D eigenvalue weighted by atomic mass is 9.45. The van der Waals surface area contributed by atoms with Gasteiger partial charge < -0.3 is 0 Å². The molecule has 4 aliphatic rings. The van der Waals surface area contributed by atoms with Crippen molar-refractivity contribution in [2.45, 2.75) is 97.8 Å². The van der Waals surface area contributed by atoms with Crippen molar-refractivity contribution in [2.24, 2.45) is 40.4 Å². The predicted molar refractivity (Wildman–Crippen MR) is 94.7 cm³/mol. The lowest BCUT2D eigenvalue weighted by Gasteiger charge is -2.60. The van der Waals surface area contributed by atoms with Crippen LogP contribution in [0.25, 0.3) is 0 Å². The molecule has 0 amide bonds. The molecule has 0 aromatic carbocycles. The third-order valence-corrected chi connectivity index (χ3v) is 9.42. The standard InChI is InChI=1S/C22H38/c1-4-7-16-10-12-19-18-11-9-17-8-5-6-14-21(17,2)20(18)13-15-22(16,19)3/h16-20H,4-15H2,1-3H3/t16-,17?,18-,19?,20?,21-,22+/m0/s1. The summed E-state index contributed by atoms with van der Waals surface area (Å²) >= 11 is 0. The Bertz CT molecular complexity index is 412. The molecule has 0 bridgehead atoms. The van der Waals surface area contributed by atoms with Crippen molar-refractivity contribution in [3.05, 3.63) is 0 Å². The summed E-state index contributed by atoms with van der Waals surface area (Å²) in [7, 11) is 0. The Kier molecular flexibility index (Phi) is 3.90. The van der Waals surface area contributed by atoms with Crippen LogP contribution in [0.15, 0.2) is 0 Å². The van der Waals surface area contributed by atoms with E-state index in [2.05, 4.69) is 20.8 Å². The van der Waals surface area contributed by atoms with E-state index in [-0.39, 0.29) is 0 Å². The maximum Gasteiger partial charge on any atom is -0.0266 e. The molecule has 0 heteroatoms. The Labute approximate surface area is 138 Å². The highest BCUT2D eigenvalue weighted by Crippen LogP contribution is 2.67. The van der Waals surface area contributed by atoms with Gasteiger partial charge in [0.2, 0.25) is 0 Å². The van der Waals surface area contributed by atoms with E-state index in [1.807, 2.05) is 0 Å². The Morgan fingerprint density at radius 3 is 2.41 bits per heavy atom. The molecule has 0 nitrogen and oxygen atoms in total. The smallest absolute Gasteiger partial charge is 0.0266 e. The van der Waals surface area contributed by atoms with Crippen LogP contribution in [0.5, 0.6) is 0 Å². The van der Waals surface area contributed by atoms with E-state index >= 15 is 0 Å². The monoisotopic (exact) mass is 302 g/mol. The van der Waals surface area contributed by atoms with E-state index in [9.17, 15) is 0 Å². The second-order valence-corrected chi connectivity index (χ2v) is 10.0. The first kappa shape index (κ1) is 15.5. The van der Waals surface area contributed by atoms with E-state index in [1.54, 1.807) is 51.4 Å². The molecule has 0 N–H and O–H groups in total. The van der Waals surface area contributed by atoms with Gasteiger partial charge in [-0.05, 0) is 91.8 Å². The summed E-state index contributed by atoms with van der Waals surface area (Å²) in [5, 5.41) is 0. The van der Waals surface area contributed by atoms with Crippen molar-refractivity contribution in [3.8, 4) is 0 Å². The molecule has 7 atom stereocenters. The summed E-state index contributed by atoms with van der Waals surface area (Å²) in [6.07, 6.45) is 18.5. The molecule has 4 aliphatic carbocycles. The third-order valence-electron chi connectivity index (χ3n) is 9.42. The molecule has 0 radical (unpaired) electrons. The minimum atomic E-state index is 0.717. The second kappa shape index (κ2) is 5.52. The predicted octanol–water partition coefficient (Wildman–Crippen LogP) is 6.84. The van der Waals surface area contributed by atoms with Gasteiger partial charge in [0, 0.05) is 0 Å². The first-order chi connectivity index (χ1) is 10.6. The zero-order valence-corrected chi connectivity index (χ0v) is 15.4. The van der Waals surface area contributed by atoms with Gasteiger partial charge in [0.25, 0.3) is 0 Å². The molecule has 0 saturated heterocycles.